The van der Waals surface area contributed by atoms with Crippen LogP contribution in [0.5, 0.6) is 0 Å². The van der Waals surface area contributed by atoms with Crippen LogP contribution in [0.1, 0.15) is 32.6 Å². The predicted molar refractivity (Wildman–Crippen MR) is 66.9 cm³/mol. The second-order valence-electron chi connectivity index (χ2n) is 5.22. The zero-order valence-corrected chi connectivity index (χ0v) is 11.0. The third-order valence-corrected chi connectivity index (χ3v) is 4.04. The number of ether oxygens (including phenoxy) is 1. The molecule has 1 saturated carbocycles. The number of carbonyl (C=O) groups excluding carboxylic acids is 2. The van der Waals surface area contributed by atoms with Gasteiger partial charge in [-0.25, -0.2) is 0 Å². The molecule has 18 heavy (non-hydrogen) atoms. The van der Waals surface area contributed by atoms with Crippen molar-refractivity contribution in [3.63, 3.8) is 0 Å². The number of rotatable bonds is 5. The molecule has 0 radical (unpaired) electrons. The number of piperidine rings is 1. The summed E-state index contributed by atoms with van der Waals surface area (Å²) in [5, 5.41) is 6.16. The van der Waals surface area contributed by atoms with Crippen molar-refractivity contribution in [3.05, 3.63) is 0 Å². The molecule has 0 aromatic heterocycles. The van der Waals surface area contributed by atoms with Gasteiger partial charge in [0.05, 0.1) is 13.0 Å². The minimum Gasteiger partial charge on any atom is -0.466 e. The largest absolute Gasteiger partial charge is 0.466 e. The Morgan fingerprint density at radius 1 is 1.39 bits per heavy atom. The van der Waals surface area contributed by atoms with Crippen LogP contribution in [0, 0.1) is 11.3 Å². The van der Waals surface area contributed by atoms with Gasteiger partial charge in [-0.15, -0.1) is 0 Å². The summed E-state index contributed by atoms with van der Waals surface area (Å²) in [5.41, 5.74) is 0.263. The summed E-state index contributed by atoms with van der Waals surface area (Å²) in [6, 6.07) is 0. The quantitative estimate of drug-likeness (QED) is 0.699. The lowest BCUT2D eigenvalue weighted by Crippen LogP contribution is -2.34. The lowest BCUT2D eigenvalue weighted by atomic mass is 9.92. The van der Waals surface area contributed by atoms with E-state index in [1.165, 1.54) is 0 Å². The number of nitrogens with one attached hydrogen (secondary N) is 2. The molecule has 1 heterocycles. The van der Waals surface area contributed by atoms with Gasteiger partial charge in [-0.1, -0.05) is 0 Å². The van der Waals surface area contributed by atoms with E-state index in [0.717, 1.165) is 32.4 Å². The fourth-order valence-corrected chi connectivity index (χ4v) is 2.84. The van der Waals surface area contributed by atoms with Crippen molar-refractivity contribution in [2.75, 3.05) is 26.2 Å². The molecule has 5 nitrogen and oxygen atoms in total. The fraction of sp³-hybridized carbons (Fsp3) is 0.846. The molecule has 1 unspecified atom stereocenters. The zero-order valence-electron chi connectivity index (χ0n) is 11.0. The minimum absolute atomic E-state index is 0.112. The van der Waals surface area contributed by atoms with Gasteiger partial charge in [-0.2, -0.15) is 0 Å². The third kappa shape index (κ3) is 3.02. The molecule has 2 fully saturated rings. The van der Waals surface area contributed by atoms with Crippen molar-refractivity contribution in [1.29, 1.82) is 0 Å². The Bertz CT molecular complexity index is 324. The maximum Gasteiger partial charge on any atom is 0.307 e. The Morgan fingerprint density at radius 3 is 2.78 bits per heavy atom. The van der Waals surface area contributed by atoms with E-state index in [0.29, 0.717) is 13.2 Å². The molecule has 2 aliphatic rings. The Labute approximate surface area is 108 Å². The SMILES string of the molecule is CCOC(=O)CCNC(=O)C1CC12CCNCC2. The van der Waals surface area contributed by atoms with Crippen molar-refractivity contribution >= 4 is 11.9 Å². The average molecular weight is 254 g/mol. The molecule has 5 heteroatoms. The van der Waals surface area contributed by atoms with Crippen molar-refractivity contribution in [1.82, 2.24) is 10.6 Å². The van der Waals surface area contributed by atoms with Crippen LogP contribution in [0.3, 0.4) is 0 Å². The first-order valence-corrected chi connectivity index (χ1v) is 6.82. The minimum atomic E-state index is -0.245. The highest BCUT2D eigenvalue weighted by atomic mass is 16.5. The summed E-state index contributed by atoms with van der Waals surface area (Å²) >= 11 is 0. The van der Waals surface area contributed by atoms with Gasteiger partial charge in [-0.05, 0) is 44.7 Å². The molecule has 1 aliphatic carbocycles. The number of hydrogen-bond donors (Lipinski definition) is 2. The molecular formula is C13H22N2O3. The van der Waals surface area contributed by atoms with Crippen LogP contribution in [-0.2, 0) is 14.3 Å². The van der Waals surface area contributed by atoms with Crippen LogP contribution in [0.25, 0.3) is 0 Å². The van der Waals surface area contributed by atoms with Crippen LogP contribution >= 0.6 is 0 Å². The first-order valence-electron chi connectivity index (χ1n) is 6.82. The monoisotopic (exact) mass is 254 g/mol. The van der Waals surface area contributed by atoms with E-state index in [-0.39, 0.29) is 29.6 Å². The normalized spacial score (nSPS) is 24.6. The second kappa shape index (κ2) is 5.69. The Morgan fingerprint density at radius 2 is 2.11 bits per heavy atom. The van der Waals surface area contributed by atoms with Crippen LogP contribution in [0.4, 0.5) is 0 Å². The summed E-state index contributed by atoms with van der Waals surface area (Å²) in [7, 11) is 0. The molecule has 0 bridgehead atoms. The van der Waals surface area contributed by atoms with Gasteiger partial charge in [0, 0.05) is 12.5 Å². The van der Waals surface area contributed by atoms with Crippen molar-refractivity contribution in [2.24, 2.45) is 11.3 Å². The van der Waals surface area contributed by atoms with Crippen molar-refractivity contribution < 1.29 is 14.3 Å². The van der Waals surface area contributed by atoms with Gasteiger partial charge in [0.25, 0.3) is 0 Å². The molecule has 0 aromatic carbocycles. The van der Waals surface area contributed by atoms with Crippen LogP contribution in [-0.4, -0.2) is 38.1 Å². The van der Waals surface area contributed by atoms with Crippen LogP contribution in [0.2, 0.25) is 0 Å². The van der Waals surface area contributed by atoms with Crippen LogP contribution < -0.4 is 10.6 Å². The molecule has 1 amide bonds. The molecule has 1 atom stereocenters. The number of hydrogen-bond acceptors (Lipinski definition) is 4. The fourth-order valence-electron chi connectivity index (χ4n) is 2.84. The van der Waals surface area contributed by atoms with E-state index in [1.807, 2.05) is 0 Å². The predicted octanol–water partition coefficient (Wildman–Crippen LogP) is 0.445. The lowest BCUT2D eigenvalue weighted by Gasteiger charge is -2.23. The first-order chi connectivity index (χ1) is 8.68. The molecule has 102 valence electrons. The van der Waals surface area contributed by atoms with Crippen LogP contribution in [0.15, 0.2) is 0 Å². The van der Waals surface area contributed by atoms with Gasteiger partial charge in [0.15, 0.2) is 0 Å². The molecule has 2 rings (SSSR count). The number of esters is 1. The third-order valence-electron chi connectivity index (χ3n) is 4.04. The smallest absolute Gasteiger partial charge is 0.307 e. The standard InChI is InChI=1S/C13H22N2O3/c1-2-18-11(16)3-6-15-12(17)10-9-13(10)4-7-14-8-5-13/h10,14H,2-9H2,1H3,(H,15,17). The average Bonchev–Trinajstić information content (AvgIpc) is 3.04. The van der Waals surface area contributed by atoms with Gasteiger partial charge >= 0.3 is 5.97 Å². The Kier molecular flexibility index (Phi) is 4.22. The van der Waals surface area contributed by atoms with Gasteiger partial charge in [0.2, 0.25) is 5.91 Å². The summed E-state index contributed by atoms with van der Waals surface area (Å²) in [6.07, 6.45) is 3.48. The van der Waals surface area contributed by atoms with E-state index in [9.17, 15) is 9.59 Å². The molecular weight excluding hydrogens is 232 g/mol. The first kappa shape index (κ1) is 13.3. The summed E-state index contributed by atoms with van der Waals surface area (Å²) in [5.74, 6) is 0.0353. The van der Waals surface area contributed by atoms with Gasteiger partial charge in [0.1, 0.15) is 0 Å². The molecule has 1 saturated heterocycles. The maximum absolute atomic E-state index is 11.9. The lowest BCUT2D eigenvalue weighted by molar-refractivity contribution is -0.143. The molecule has 1 spiro atoms. The number of amides is 1. The Hall–Kier alpha value is -1.10. The van der Waals surface area contributed by atoms with Crippen molar-refractivity contribution in [2.45, 2.75) is 32.6 Å². The summed E-state index contributed by atoms with van der Waals surface area (Å²) in [4.78, 5) is 23.1. The highest BCUT2D eigenvalue weighted by molar-refractivity contribution is 5.83. The maximum atomic E-state index is 11.9. The summed E-state index contributed by atoms with van der Waals surface area (Å²) < 4.78 is 4.81. The molecule has 2 N–H and O–H groups in total. The highest BCUT2D eigenvalue weighted by Crippen LogP contribution is 2.58. The van der Waals surface area contributed by atoms with Crippen molar-refractivity contribution in [3.8, 4) is 0 Å². The van der Waals surface area contributed by atoms with Gasteiger partial charge in [-0.3, -0.25) is 9.59 Å². The van der Waals surface area contributed by atoms with E-state index >= 15 is 0 Å². The summed E-state index contributed by atoms with van der Waals surface area (Å²) in [6.45, 7) is 4.61. The highest BCUT2D eigenvalue weighted by Gasteiger charge is 2.57. The second-order valence-corrected chi connectivity index (χ2v) is 5.22. The molecule has 1 aliphatic heterocycles. The molecule has 0 aromatic rings. The topological polar surface area (TPSA) is 67.4 Å². The Balaban J connectivity index is 1.66. The zero-order chi connectivity index (χ0) is 13.0. The van der Waals surface area contributed by atoms with E-state index in [2.05, 4.69) is 10.6 Å². The number of carbonyl (C=O) groups is 2. The van der Waals surface area contributed by atoms with E-state index < -0.39 is 0 Å². The van der Waals surface area contributed by atoms with E-state index in [1.54, 1.807) is 6.92 Å². The van der Waals surface area contributed by atoms with Gasteiger partial charge < -0.3 is 15.4 Å². The van der Waals surface area contributed by atoms with E-state index in [4.69, 9.17) is 4.74 Å².